The summed E-state index contributed by atoms with van der Waals surface area (Å²) in [7, 11) is 1.20. The quantitative estimate of drug-likeness (QED) is 0.611. The van der Waals surface area contributed by atoms with Gasteiger partial charge in [0.2, 0.25) is 0 Å². The van der Waals surface area contributed by atoms with Gasteiger partial charge in [0, 0.05) is 17.2 Å². The summed E-state index contributed by atoms with van der Waals surface area (Å²) >= 11 is 11.7. The first-order valence-electron chi connectivity index (χ1n) is 5.46. The fourth-order valence-corrected chi connectivity index (χ4v) is 2.77. The third kappa shape index (κ3) is 5.59. The van der Waals surface area contributed by atoms with Crippen LogP contribution in [0.4, 0.5) is 0 Å². The molecule has 0 fully saturated rings. The zero-order chi connectivity index (χ0) is 16.0. The fraction of sp³-hybridized carbons (Fsp3) is 0.273. The smallest absolute Gasteiger partial charge is 0.261 e. The lowest BCUT2D eigenvalue weighted by Crippen LogP contribution is -2.29. The van der Waals surface area contributed by atoms with Crippen molar-refractivity contribution >= 4 is 48.8 Å². The molecule has 1 aromatic rings. The second-order valence-corrected chi connectivity index (χ2v) is 7.08. The zero-order valence-electron chi connectivity index (χ0n) is 10.4. The minimum Gasteiger partial charge on any atom is -0.481 e. The lowest BCUT2D eigenvalue weighted by molar-refractivity contribution is -0.123. The number of carbonyl (C=O) groups excluding carboxylic acids is 1. The van der Waals surface area contributed by atoms with Crippen molar-refractivity contribution in [3.8, 4) is 11.8 Å². The number of rotatable bonds is 6. The van der Waals surface area contributed by atoms with E-state index in [2.05, 4.69) is 5.32 Å². The second-order valence-electron chi connectivity index (χ2n) is 3.70. The number of hydrogen-bond donors (Lipinski definition) is 1. The average molecular weight is 372 g/mol. The number of halogens is 3. The largest absolute Gasteiger partial charge is 0.481 e. The van der Waals surface area contributed by atoms with Gasteiger partial charge < -0.3 is 10.1 Å². The molecule has 6 nitrogen and oxygen atoms in total. The molecule has 0 saturated heterocycles. The van der Waals surface area contributed by atoms with Crippen molar-refractivity contribution in [2.45, 2.75) is 11.3 Å². The lowest BCUT2D eigenvalue weighted by Gasteiger charge is -2.10. The Labute approximate surface area is 136 Å². The molecule has 0 saturated carbocycles. The van der Waals surface area contributed by atoms with Gasteiger partial charge in [-0.25, -0.2) is 8.42 Å². The van der Waals surface area contributed by atoms with Crippen molar-refractivity contribution in [2.75, 3.05) is 13.2 Å². The Morgan fingerprint density at radius 1 is 1.33 bits per heavy atom. The number of ether oxygens (including phenoxy) is 1. The van der Waals surface area contributed by atoms with Crippen LogP contribution in [0.25, 0.3) is 0 Å². The van der Waals surface area contributed by atoms with E-state index in [9.17, 15) is 13.2 Å². The Balaban J connectivity index is 2.77. The van der Waals surface area contributed by atoms with Gasteiger partial charge in [-0.2, -0.15) is 5.26 Å². The van der Waals surface area contributed by atoms with Crippen LogP contribution in [0.3, 0.4) is 0 Å². The van der Waals surface area contributed by atoms with Crippen LogP contribution in [0.1, 0.15) is 6.42 Å². The molecular weight excluding hydrogens is 363 g/mol. The molecule has 0 aliphatic carbocycles. The maximum Gasteiger partial charge on any atom is 0.261 e. The summed E-state index contributed by atoms with van der Waals surface area (Å²) in [5.41, 5.74) is 0. The highest BCUT2D eigenvalue weighted by Crippen LogP contribution is 2.36. The summed E-state index contributed by atoms with van der Waals surface area (Å²) < 4.78 is 27.5. The third-order valence-corrected chi connectivity index (χ3v) is 4.05. The van der Waals surface area contributed by atoms with Gasteiger partial charge in [-0.3, -0.25) is 4.79 Å². The average Bonchev–Trinajstić information content (AvgIpc) is 2.36. The highest BCUT2D eigenvalue weighted by Gasteiger charge is 2.17. The molecule has 0 unspecified atom stereocenters. The van der Waals surface area contributed by atoms with E-state index in [1.807, 2.05) is 6.07 Å². The van der Waals surface area contributed by atoms with Crippen molar-refractivity contribution in [1.82, 2.24) is 5.32 Å². The lowest BCUT2D eigenvalue weighted by atomic mass is 10.3. The van der Waals surface area contributed by atoms with Crippen LogP contribution in [0, 0.1) is 11.3 Å². The van der Waals surface area contributed by atoms with Crippen molar-refractivity contribution in [3.63, 3.8) is 0 Å². The number of nitrogens with zero attached hydrogens (tertiary/aromatic N) is 1. The topological polar surface area (TPSA) is 96.3 Å². The summed E-state index contributed by atoms with van der Waals surface area (Å²) in [4.78, 5) is 11.1. The van der Waals surface area contributed by atoms with Crippen molar-refractivity contribution in [2.24, 2.45) is 0 Å². The van der Waals surface area contributed by atoms with Crippen LogP contribution in [0.15, 0.2) is 17.0 Å². The Bertz CT molecular complexity index is 662. The molecule has 0 heterocycles. The number of nitriles is 1. The molecule has 1 rings (SSSR count). The summed E-state index contributed by atoms with van der Waals surface area (Å²) in [6.45, 7) is -0.179. The van der Waals surface area contributed by atoms with Gasteiger partial charge in [0.25, 0.3) is 15.0 Å². The van der Waals surface area contributed by atoms with E-state index in [4.69, 9.17) is 43.9 Å². The molecule has 0 spiro atoms. The number of amides is 1. The molecular formula is C11H9Cl3N2O4S. The molecule has 0 aliphatic rings. The number of benzene rings is 1. The second kappa shape index (κ2) is 7.71. The molecule has 0 bridgehead atoms. The Kier molecular flexibility index (Phi) is 6.55. The highest BCUT2D eigenvalue weighted by atomic mass is 35.7. The van der Waals surface area contributed by atoms with Crippen LogP contribution in [-0.4, -0.2) is 27.5 Å². The standard InChI is InChI=1S/C11H9Cl3N2O4S/c12-8-4-7(21(14,18)19)5-9(13)11(8)20-6-10(17)16-3-1-2-15/h4-5H,1,3,6H2,(H,16,17). The maximum absolute atomic E-state index is 11.4. The van der Waals surface area contributed by atoms with Gasteiger partial charge in [0.15, 0.2) is 12.4 Å². The predicted octanol–water partition coefficient (Wildman–Crippen LogP) is 2.33. The van der Waals surface area contributed by atoms with Gasteiger partial charge in [0.1, 0.15) is 0 Å². The van der Waals surface area contributed by atoms with E-state index < -0.39 is 15.0 Å². The number of carbonyl (C=O) groups is 1. The molecule has 10 heteroatoms. The van der Waals surface area contributed by atoms with Gasteiger partial charge in [0.05, 0.1) is 27.4 Å². The first-order valence-corrected chi connectivity index (χ1v) is 8.52. The molecule has 114 valence electrons. The molecule has 0 atom stereocenters. The summed E-state index contributed by atoms with van der Waals surface area (Å²) in [5, 5.41) is 10.6. The summed E-state index contributed by atoms with van der Waals surface area (Å²) in [6, 6.07) is 4.00. The molecule has 1 aromatic carbocycles. The van der Waals surface area contributed by atoms with E-state index in [1.54, 1.807) is 0 Å². The zero-order valence-corrected chi connectivity index (χ0v) is 13.5. The minimum atomic E-state index is -3.97. The monoisotopic (exact) mass is 370 g/mol. The van der Waals surface area contributed by atoms with Crippen LogP contribution in [0.5, 0.6) is 5.75 Å². The van der Waals surface area contributed by atoms with E-state index >= 15 is 0 Å². The highest BCUT2D eigenvalue weighted by molar-refractivity contribution is 8.13. The third-order valence-electron chi connectivity index (χ3n) is 2.16. The fourth-order valence-electron chi connectivity index (χ4n) is 1.26. The van der Waals surface area contributed by atoms with Crippen molar-refractivity contribution in [3.05, 3.63) is 22.2 Å². The first kappa shape index (κ1) is 17.9. The van der Waals surface area contributed by atoms with E-state index in [1.165, 1.54) is 0 Å². The molecule has 1 N–H and O–H groups in total. The summed E-state index contributed by atoms with van der Waals surface area (Å²) in [6.07, 6.45) is 0.176. The van der Waals surface area contributed by atoms with E-state index in [0.29, 0.717) is 0 Å². The Morgan fingerprint density at radius 3 is 2.38 bits per heavy atom. The van der Waals surface area contributed by atoms with Gasteiger partial charge in [-0.15, -0.1) is 0 Å². The van der Waals surface area contributed by atoms with E-state index in [0.717, 1.165) is 12.1 Å². The van der Waals surface area contributed by atoms with Gasteiger partial charge in [-0.05, 0) is 12.1 Å². The normalized spacial score (nSPS) is 10.8. The summed E-state index contributed by atoms with van der Waals surface area (Å²) in [5.74, 6) is -0.496. The van der Waals surface area contributed by atoms with Crippen molar-refractivity contribution < 1.29 is 17.9 Å². The molecule has 1 amide bonds. The van der Waals surface area contributed by atoms with E-state index in [-0.39, 0.29) is 40.3 Å². The van der Waals surface area contributed by atoms with Crippen molar-refractivity contribution in [1.29, 1.82) is 5.26 Å². The van der Waals surface area contributed by atoms with Crippen LogP contribution < -0.4 is 10.1 Å². The predicted molar refractivity (Wildman–Crippen MR) is 78.2 cm³/mol. The molecule has 0 aromatic heterocycles. The molecule has 0 aliphatic heterocycles. The van der Waals surface area contributed by atoms with Crippen LogP contribution >= 0.6 is 33.9 Å². The molecule has 0 radical (unpaired) electrons. The Morgan fingerprint density at radius 2 is 1.90 bits per heavy atom. The van der Waals surface area contributed by atoms with Crippen LogP contribution in [-0.2, 0) is 13.8 Å². The number of hydrogen-bond acceptors (Lipinski definition) is 5. The SMILES string of the molecule is N#CCCNC(=O)COc1c(Cl)cc(S(=O)(=O)Cl)cc1Cl. The minimum absolute atomic E-state index is 0.0298. The molecule has 21 heavy (non-hydrogen) atoms. The Hall–Kier alpha value is -1.20. The van der Waals surface area contributed by atoms with Crippen LogP contribution in [0.2, 0.25) is 10.0 Å². The van der Waals surface area contributed by atoms with Gasteiger partial charge >= 0.3 is 0 Å². The first-order chi connectivity index (χ1) is 9.75. The van der Waals surface area contributed by atoms with Gasteiger partial charge in [-0.1, -0.05) is 23.2 Å². The number of nitrogens with one attached hydrogen (secondary N) is 1. The maximum atomic E-state index is 11.4.